The highest BCUT2D eigenvalue weighted by atomic mass is 35.5. The first-order valence-electron chi connectivity index (χ1n) is 8.08. The van der Waals surface area contributed by atoms with E-state index in [-0.39, 0.29) is 11.8 Å². The van der Waals surface area contributed by atoms with Crippen molar-refractivity contribution in [2.45, 2.75) is 40.2 Å². The number of carbonyl (C=O) groups excluding carboxylic acids is 2. The van der Waals surface area contributed by atoms with E-state index < -0.39 is 5.54 Å². The van der Waals surface area contributed by atoms with E-state index in [1.165, 1.54) is 5.01 Å². The van der Waals surface area contributed by atoms with E-state index in [1.807, 2.05) is 46.8 Å². The Morgan fingerprint density at radius 2 is 1.64 bits per heavy atom. The van der Waals surface area contributed by atoms with Gasteiger partial charge < -0.3 is 0 Å². The van der Waals surface area contributed by atoms with E-state index in [1.54, 1.807) is 30.3 Å². The number of halogens is 1. The van der Waals surface area contributed by atoms with Crippen molar-refractivity contribution >= 4 is 23.4 Å². The molecule has 0 bridgehead atoms. The molecule has 0 saturated carbocycles. The molecule has 25 heavy (non-hydrogen) atoms. The van der Waals surface area contributed by atoms with Crippen molar-refractivity contribution in [2.75, 3.05) is 0 Å². The number of nitrogens with one attached hydrogen (secondary N) is 1. The number of hydrogen-bond donors (Lipinski definition) is 1. The summed E-state index contributed by atoms with van der Waals surface area (Å²) in [6.45, 7) is 9.40. The van der Waals surface area contributed by atoms with E-state index in [0.717, 1.165) is 11.1 Å². The summed E-state index contributed by atoms with van der Waals surface area (Å²) < 4.78 is 0. The predicted molar refractivity (Wildman–Crippen MR) is 101 cm³/mol. The maximum absolute atomic E-state index is 12.9. The molecule has 2 aromatic rings. The van der Waals surface area contributed by atoms with E-state index in [9.17, 15) is 9.59 Å². The first kappa shape index (κ1) is 19.0. The van der Waals surface area contributed by atoms with Gasteiger partial charge in [0.15, 0.2) is 0 Å². The van der Waals surface area contributed by atoms with Gasteiger partial charge >= 0.3 is 0 Å². The van der Waals surface area contributed by atoms with E-state index in [4.69, 9.17) is 11.6 Å². The van der Waals surface area contributed by atoms with Gasteiger partial charge in [0.1, 0.15) is 0 Å². The molecule has 0 aliphatic heterocycles. The number of aryl methyl sites for hydroxylation is 2. The molecule has 0 aliphatic rings. The van der Waals surface area contributed by atoms with Crippen molar-refractivity contribution in [3.8, 4) is 0 Å². The van der Waals surface area contributed by atoms with Crippen LogP contribution in [0.2, 0.25) is 5.02 Å². The summed E-state index contributed by atoms with van der Waals surface area (Å²) in [5.41, 5.74) is 4.94. The van der Waals surface area contributed by atoms with Crippen LogP contribution in [-0.4, -0.2) is 22.4 Å². The van der Waals surface area contributed by atoms with Crippen molar-refractivity contribution in [1.29, 1.82) is 0 Å². The van der Waals surface area contributed by atoms with Gasteiger partial charge in [0, 0.05) is 5.56 Å². The van der Waals surface area contributed by atoms with Gasteiger partial charge in [-0.3, -0.25) is 15.0 Å². The summed E-state index contributed by atoms with van der Waals surface area (Å²) in [5, 5.41) is 1.68. The molecule has 2 amide bonds. The Morgan fingerprint density at radius 1 is 1.00 bits per heavy atom. The van der Waals surface area contributed by atoms with Crippen molar-refractivity contribution in [3.05, 3.63) is 69.7 Å². The van der Waals surface area contributed by atoms with Gasteiger partial charge in [0.2, 0.25) is 0 Å². The summed E-state index contributed by atoms with van der Waals surface area (Å²) in [4.78, 5) is 25.7. The molecule has 0 radical (unpaired) electrons. The lowest BCUT2D eigenvalue weighted by atomic mass is 10.0. The van der Waals surface area contributed by atoms with Crippen LogP contribution in [0.3, 0.4) is 0 Å². The molecule has 2 aromatic carbocycles. The highest BCUT2D eigenvalue weighted by Gasteiger charge is 2.30. The number of carbonyl (C=O) groups is 2. The van der Waals surface area contributed by atoms with Gasteiger partial charge in [0.05, 0.1) is 16.1 Å². The second kappa shape index (κ2) is 7.28. The monoisotopic (exact) mass is 358 g/mol. The van der Waals surface area contributed by atoms with Crippen LogP contribution in [-0.2, 0) is 0 Å². The predicted octanol–water partition coefficient (Wildman–Crippen LogP) is 4.54. The van der Waals surface area contributed by atoms with Crippen LogP contribution in [0.4, 0.5) is 0 Å². The number of amides is 2. The highest BCUT2D eigenvalue weighted by Crippen LogP contribution is 2.21. The second-order valence-corrected chi connectivity index (χ2v) is 7.46. The van der Waals surface area contributed by atoms with Gasteiger partial charge in [-0.1, -0.05) is 41.4 Å². The molecule has 0 heterocycles. The average Bonchev–Trinajstić information content (AvgIpc) is 2.51. The zero-order chi connectivity index (χ0) is 18.8. The van der Waals surface area contributed by atoms with E-state index in [0.29, 0.717) is 16.1 Å². The highest BCUT2D eigenvalue weighted by molar-refractivity contribution is 6.33. The van der Waals surface area contributed by atoms with Gasteiger partial charge in [0.25, 0.3) is 11.8 Å². The Morgan fingerprint density at radius 3 is 2.20 bits per heavy atom. The molecule has 0 unspecified atom stereocenters. The molecular weight excluding hydrogens is 336 g/mol. The lowest BCUT2D eigenvalue weighted by molar-refractivity contribution is 0.0358. The number of benzene rings is 2. The van der Waals surface area contributed by atoms with Crippen LogP contribution in [0.15, 0.2) is 42.5 Å². The van der Waals surface area contributed by atoms with Crippen LogP contribution in [0, 0.1) is 13.8 Å². The standard InChI is InChI=1S/C20H23ClN2O2/c1-13-10-11-15(14(2)12-13)18(24)22-23(20(3,4)5)19(25)16-8-6-7-9-17(16)21/h6-12H,1-5H3,(H,22,24). The largest absolute Gasteiger partial charge is 0.274 e. The fourth-order valence-corrected chi connectivity index (χ4v) is 2.72. The molecule has 5 heteroatoms. The van der Waals surface area contributed by atoms with E-state index >= 15 is 0 Å². The third kappa shape index (κ3) is 4.40. The molecule has 4 nitrogen and oxygen atoms in total. The fourth-order valence-electron chi connectivity index (χ4n) is 2.51. The first-order valence-corrected chi connectivity index (χ1v) is 8.46. The third-order valence-corrected chi connectivity index (χ3v) is 4.15. The van der Waals surface area contributed by atoms with E-state index in [2.05, 4.69) is 5.43 Å². The Bertz CT molecular complexity index is 810. The molecule has 132 valence electrons. The maximum atomic E-state index is 12.9. The SMILES string of the molecule is Cc1ccc(C(=O)NN(C(=O)c2ccccc2Cl)C(C)(C)C)c(C)c1. The van der Waals surface area contributed by atoms with Crippen molar-refractivity contribution in [3.63, 3.8) is 0 Å². The number of hydrazine groups is 1. The zero-order valence-corrected chi connectivity index (χ0v) is 15.9. The lowest BCUT2D eigenvalue weighted by Crippen LogP contribution is -2.56. The Balaban J connectivity index is 2.34. The van der Waals surface area contributed by atoms with Crippen molar-refractivity contribution in [1.82, 2.24) is 10.4 Å². The Labute approximate surface area is 153 Å². The lowest BCUT2D eigenvalue weighted by Gasteiger charge is -2.35. The molecule has 0 fully saturated rings. The summed E-state index contributed by atoms with van der Waals surface area (Å²) in [6, 6.07) is 12.4. The van der Waals surface area contributed by atoms with Crippen LogP contribution >= 0.6 is 11.6 Å². The van der Waals surface area contributed by atoms with Crippen LogP contribution < -0.4 is 5.43 Å². The summed E-state index contributed by atoms with van der Waals surface area (Å²) in [6.07, 6.45) is 0. The Kier molecular flexibility index (Phi) is 5.53. The topological polar surface area (TPSA) is 49.4 Å². The van der Waals surface area contributed by atoms with Crippen molar-refractivity contribution < 1.29 is 9.59 Å². The van der Waals surface area contributed by atoms with Crippen LogP contribution in [0.5, 0.6) is 0 Å². The molecule has 0 aromatic heterocycles. The maximum Gasteiger partial charge on any atom is 0.274 e. The number of nitrogens with zero attached hydrogens (tertiary/aromatic N) is 1. The normalized spacial score (nSPS) is 11.1. The van der Waals surface area contributed by atoms with Gasteiger partial charge in [-0.05, 0) is 58.4 Å². The minimum atomic E-state index is -0.621. The first-order chi connectivity index (χ1) is 11.6. The smallest absolute Gasteiger partial charge is 0.267 e. The fraction of sp³-hybridized carbons (Fsp3) is 0.300. The van der Waals surface area contributed by atoms with Gasteiger partial charge in [-0.25, -0.2) is 5.01 Å². The Hall–Kier alpha value is -2.33. The summed E-state index contributed by atoms with van der Waals surface area (Å²) >= 11 is 6.15. The average molecular weight is 359 g/mol. The minimum absolute atomic E-state index is 0.326. The summed E-state index contributed by atoms with van der Waals surface area (Å²) in [7, 11) is 0. The second-order valence-electron chi connectivity index (χ2n) is 7.05. The molecule has 0 spiro atoms. The van der Waals surface area contributed by atoms with Crippen molar-refractivity contribution in [2.24, 2.45) is 0 Å². The van der Waals surface area contributed by atoms with Crippen LogP contribution in [0.25, 0.3) is 0 Å². The number of rotatable bonds is 2. The minimum Gasteiger partial charge on any atom is -0.267 e. The summed E-state index contributed by atoms with van der Waals surface area (Å²) in [5.74, 6) is -0.677. The van der Waals surface area contributed by atoms with Gasteiger partial charge in [-0.2, -0.15) is 0 Å². The molecule has 0 atom stereocenters. The quantitative estimate of drug-likeness (QED) is 0.801. The molecule has 0 saturated heterocycles. The molecule has 0 aliphatic carbocycles. The third-order valence-electron chi connectivity index (χ3n) is 3.82. The van der Waals surface area contributed by atoms with Crippen LogP contribution in [0.1, 0.15) is 52.6 Å². The molecule has 2 rings (SSSR count). The molecule has 1 N–H and O–H groups in total. The molecular formula is C20H23ClN2O2. The zero-order valence-electron chi connectivity index (χ0n) is 15.2. The number of hydrogen-bond acceptors (Lipinski definition) is 2. The van der Waals surface area contributed by atoms with Gasteiger partial charge in [-0.15, -0.1) is 0 Å².